The highest BCUT2D eigenvalue weighted by molar-refractivity contribution is 7.89. The minimum atomic E-state index is -3.41. The number of hydrogen-bond acceptors (Lipinski definition) is 4. The van der Waals surface area contributed by atoms with Gasteiger partial charge in [-0.15, -0.1) is 11.3 Å². The van der Waals surface area contributed by atoms with Crippen molar-refractivity contribution in [3.63, 3.8) is 0 Å². The minimum Gasteiger partial charge on any atom is -0.312 e. The van der Waals surface area contributed by atoms with Gasteiger partial charge < -0.3 is 5.32 Å². The van der Waals surface area contributed by atoms with Gasteiger partial charge in [-0.25, -0.2) is 13.1 Å². The van der Waals surface area contributed by atoms with Gasteiger partial charge >= 0.3 is 0 Å². The van der Waals surface area contributed by atoms with Gasteiger partial charge in [0.2, 0.25) is 10.0 Å². The topological polar surface area (TPSA) is 58.2 Å². The lowest BCUT2D eigenvalue weighted by Gasteiger charge is -2.21. The first-order valence-electron chi connectivity index (χ1n) is 7.79. The van der Waals surface area contributed by atoms with Gasteiger partial charge in [-0.2, -0.15) is 0 Å². The van der Waals surface area contributed by atoms with Gasteiger partial charge in [-0.1, -0.05) is 27.2 Å². The maximum absolute atomic E-state index is 12.6. The molecule has 1 aliphatic carbocycles. The van der Waals surface area contributed by atoms with Crippen molar-refractivity contribution in [3.8, 4) is 0 Å². The van der Waals surface area contributed by atoms with Crippen molar-refractivity contribution >= 4 is 21.4 Å². The van der Waals surface area contributed by atoms with Gasteiger partial charge in [0.25, 0.3) is 0 Å². The van der Waals surface area contributed by atoms with Crippen molar-refractivity contribution in [2.75, 3.05) is 6.54 Å². The van der Waals surface area contributed by atoms with Crippen molar-refractivity contribution in [1.82, 2.24) is 10.0 Å². The number of nitrogens with one attached hydrogen (secondary N) is 2. The molecule has 21 heavy (non-hydrogen) atoms. The minimum absolute atomic E-state index is 0.0758. The highest BCUT2D eigenvalue weighted by atomic mass is 32.2. The van der Waals surface area contributed by atoms with Crippen LogP contribution in [-0.2, 0) is 16.6 Å². The lowest BCUT2D eigenvalue weighted by atomic mass is 9.94. The molecule has 0 radical (unpaired) electrons. The molecule has 6 heteroatoms. The number of sulfonamides is 1. The van der Waals surface area contributed by atoms with Gasteiger partial charge in [0.1, 0.15) is 0 Å². The molecule has 3 atom stereocenters. The summed E-state index contributed by atoms with van der Waals surface area (Å²) in [5.41, 5.74) is 0. The van der Waals surface area contributed by atoms with Crippen LogP contribution in [0.4, 0.5) is 0 Å². The van der Waals surface area contributed by atoms with Gasteiger partial charge in [0, 0.05) is 17.5 Å². The van der Waals surface area contributed by atoms with Gasteiger partial charge in [-0.05, 0) is 42.7 Å². The van der Waals surface area contributed by atoms with E-state index in [0.717, 1.165) is 30.7 Å². The molecule has 1 aliphatic rings. The normalized spacial score (nSPS) is 26.3. The second kappa shape index (κ2) is 7.22. The molecule has 2 N–H and O–H groups in total. The summed E-state index contributed by atoms with van der Waals surface area (Å²) in [7, 11) is -3.41. The lowest BCUT2D eigenvalue weighted by Crippen LogP contribution is -2.37. The van der Waals surface area contributed by atoms with Crippen LogP contribution in [0.5, 0.6) is 0 Å². The summed E-state index contributed by atoms with van der Waals surface area (Å²) in [6, 6.07) is 1.79. The Hall–Kier alpha value is -0.430. The Morgan fingerprint density at radius 3 is 2.71 bits per heavy atom. The lowest BCUT2D eigenvalue weighted by molar-refractivity contribution is 0.368. The Labute approximate surface area is 132 Å². The summed E-state index contributed by atoms with van der Waals surface area (Å²) in [5, 5.41) is 5.06. The Morgan fingerprint density at radius 1 is 1.33 bits per heavy atom. The molecule has 0 aromatic carbocycles. The highest BCUT2D eigenvalue weighted by Gasteiger charge is 2.35. The summed E-state index contributed by atoms with van der Waals surface area (Å²) < 4.78 is 28.2. The monoisotopic (exact) mass is 330 g/mol. The van der Waals surface area contributed by atoms with E-state index < -0.39 is 10.0 Å². The molecule has 120 valence electrons. The SMILES string of the molecule is CCNCc1sccc1S(=O)(=O)NC1CCC(CC)C1C. The summed E-state index contributed by atoms with van der Waals surface area (Å²) in [5.74, 6) is 1.06. The average molecular weight is 331 g/mol. The smallest absolute Gasteiger partial charge is 0.241 e. The van der Waals surface area contributed by atoms with E-state index in [2.05, 4.69) is 23.9 Å². The van der Waals surface area contributed by atoms with Gasteiger partial charge in [-0.3, -0.25) is 0 Å². The predicted octanol–water partition coefficient (Wildman–Crippen LogP) is 2.96. The number of rotatable bonds is 7. The summed E-state index contributed by atoms with van der Waals surface area (Å²) in [6.07, 6.45) is 3.20. The largest absolute Gasteiger partial charge is 0.312 e. The van der Waals surface area contributed by atoms with Crippen LogP contribution in [-0.4, -0.2) is 21.0 Å². The molecular weight excluding hydrogens is 304 g/mol. The first-order chi connectivity index (χ1) is 9.99. The van der Waals surface area contributed by atoms with E-state index in [0.29, 0.717) is 23.3 Å². The highest BCUT2D eigenvalue weighted by Crippen LogP contribution is 2.35. The van der Waals surface area contributed by atoms with E-state index in [1.54, 1.807) is 6.07 Å². The zero-order valence-electron chi connectivity index (χ0n) is 13.1. The van der Waals surface area contributed by atoms with Gasteiger partial charge in [0.15, 0.2) is 0 Å². The van der Waals surface area contributed by atoms with E-state index >= 15 is 0 Å². The predicted molar refractivity (Wildman–Crippen MR) is 88.0 cm³/mol. The molecule has 0 amide bonds. The van der Waals surface area contributed by atoms with Crippen molar-refractivity contribution < 1.29 is 8.42 Å². The molecule has 0 bridgehead atoms. The fourth-order valence-electron chi connectivity index (χ4n) is 3.19. The molecular formula is C15H26N2O2S2. The van der Waals surface area contributed by atoms with Crippen molar-refractivity contribution in [1.29, 1.82) is 0 Å². The molecule has 1 aromatic rings. The second-order valence-electron chi connectivity index (χ2n) is 5.82. The maximum atomic E-state index is 12.6. The van der Waals surface area contributed by atoms with Crippen LogP contribution in [0, 0.1) is 11.8 Å². The molecule has 0 saturated heterocycles. The molecule has 1 saturated carbocycles. The molecule has 0 spiro atoms. The molecule has 1 fully saturated rings. The number of hydrogen-bond donors (Lipinski definition) is 2. The third-order valence-electron chi connectivity index (χ3n) is 4.59. The van der Waals surface area contributed by atoms with Crippen molar-refractivity contribution in [2.45, 2.75) is 57.5 Å². The van der Waals surface area contributed by atoms with E-state index in [1.165, 1.54) is 11.3 Å². The second-order valence-corrected chi connectivity index (χ2v) is 8.50. The Bertz CT molecular complexity index is 554. The maximum Gasteiger partial charge on any atom is 0.241 e. The zero-order chi connectivity index (χ0) is 15.5. The molecule has 1 heterocycles. The van der Waals surface area contributed by atoms with Crippen LogP contribution in [0.2, 0.25) is 0 Å². The zero-order valence-corrected chi connectivity index (χ0v) is 14.7. The summed E-state index contributed by atoms with van der Waals surface area (Å²) >= 11 is 1.50. The Kier molecular flexibility index (Phi) is 5.82. The first kappa shape index (κ1) is 16.9. The van der Waals surface area contributed by atoms with Crippen LogP contribution in [0.1, 0.15) is 44.9 Å². The molecule has 4 nitrogen and oxygen atoms in total. The Morgan fingerprint density at radius 2 is 2.10 bits per heavy atom. The Balaban J connectivity index is 2.10. The summed E-state index contributed by atoms with van der Waals surface area (Å²) in [6.45, 7) is 7.82. The van der Waals surface area contributed by atoms with Crippen LogP contribution < -0.4 is 10.0 Å². The molecule has 1 aromatic heterocycles. The van der Waals surface area contributed by atoms with E-state index in [-0.39, 0.29) is 6.04 Å². The fourth-order valence-corrected chi connectivity index (χ4v) is 5.96. The van der Waals surface area contributed by atoms with Crippen LogP contribution in [0.15, 0.2) is 16.3 Å². The van der Waals surface area contributed by atoms with E-state index in [1.807, 2.05) is 12.3 Å². The molecule has 3 unspecified atom stereocenters. The van der Waals surface area contributed by atoms with E-state index in [4.69, 9.17) is 0 Å². The third kappa shape index (κ3) is 3.86. The number of thiophene rings is 1. The van der Waals surface area contributed by atoms with Crippen molar-refractivity contribution in [2.24, 2.45) is 11.8 Å². The standard InChI is InChI=1S/C15H26N2O2S2/c1-4-12-6-7-13(11(12)3)17-21(18,19)15-8-9-20-14(15)10-16-5-2/h8-9,11-13,16-17H,4-7,10H2,1-3H3. The van der Waals surface area contributed by atoms with Crippen LogP contribution in [0.25, 0.3) is 0 Å². The summed E-state index contributed by atoms with van der Waals surface area (Å²) in [4.78, 5) is 1.34. The van der Waals surface area contributed by atoms with Crippen LogP contribution in [0.3, 0.4) is 0 Å². The third-order valence-corrected chi connectivity index (χ3v) is 7.21. The first-order valence-corrected chi connectivity index (χ1v) is 10.1. The van der Waals surface area contributed by atoms with Crippen LogP contribution >= 0.6 is 11.3 Å². The fraction of sp³-hybridized carbons (Fsp3) is 0.733. The molecule has 0 aliphatic heterocycles. The average Bonchev–Trinajstić information content (AvgIpc) is 3.04. The van der Waals surface area contributed by atoms with Crippen molar-refractivity contribution in [3.05, 3.63) is 16.3 Å². The molecule has 2 rings (SSSR count). The quantitative estimate of drug-likeness (QED) is 0.808. The van der Waals surface area contributed by atoms with Gasteiger partial charge in [0.05, 0.1) is 4.90 Å². The van der Waals surface area contributed by atoms with E-state index in [9.17, 15) is 8.42 Å².